The van der Waals surface area contributed by atoms with Crippen LogP contribution in [0.1, 0.15) is 214 Å². The van der Waals surface area contributed by atoms with E-state index >= 15 is 0 Å². The van der Waals surface area contributed by atoms with Gasteiger partial charge in [0.15, 0.2) is 0 Å². The van der Waals surface area contributed by atoms with E-state index in [0.29, 0.717) is 0 Å². The summed E-state index contributed by atoms with van der Waals surface area (Å²) in [7, 11) is 0. The molecule has 0 spiro atoms. The van der Waals surface area contributed by atoms with Gasteiger partial charge in [-0.25, -0.2) is 0 Å². The van der Waals surface area contributed by atoms with Crippen molar-refractivity contribution in [3.05, 3.63) is 288 Å². The third-order valence-corrected chi connectivity index (χ3v) is 21.8. The Morgan fingerprint density at radius 1 is 0.295 bits per heavy atom. The molecule has 0 amide bonds. The molecule has 492 valence electrons. The number of unbranched alkanes of at least 4 members (excludes halogenated alkanes) is 18. The highest BCUT2D eigenvalue weighted by molar-refractivity contribution is 14.1. The van der Waals surface area contributed by atoms with Gasteiger partial charge in [-0.15, -0.1) is 0 Å². The van der Waals surface area contributed by atoms with E-state index in [1.54, 1.807) is 0 Å². The van der Waals surface area contributed by atoms with Crippen LogP contribution >= 0.6 is 54.5 Å². The van der Waals surface area contributed by atoms with Crippen molar-refractivity contribution in [2.75, 3.05) is 4.90 Å². The molecule has 95 heavy (non-hydrogen) atoms. The standard InChI is InChI=1S/C45H50BrN.C40H48.C6H4BrI/c1-4-5-6-7-8-9-10-11-12-13-16-34-19-21-35(22-20-34)36-23-27-38(28-24-36)47(39-29-25-37(46)26-30-39)40-31-32-42-41-17-14-15-18-43(41)45(2,3)44(42)33-40;1-4-5-6-7-8-9-10-11-12-13-16-31-19-24-34(25-20-31)35-26-21-32(22-27-35)29-33-23-28-37-36-17-14-15-18-38(36)40(2,3)39(37)30-33;7-5-1-3-6(8)4-2-5/h14-15,17-33H,4-13,16H2,1-3H3;14-15,17-28,30H,4-13,16,29H2,1-3H3;1-4H. The Morgan fingerprint density at radius 3 is 1.03 bits per heavy atom. The maximum Gasteiger partial charge on any atom is 0.0465 e. The average Bonchev–Trinajstić information content (AvgIpc) is 1.60. The lowest BCUT2D eigenvalue weighted by molar-refractivity contribution is 0.556. The number of benzene rings is 10. The third-order valence-electron chi connectivity index (χ3n) is 20.1. The minimum atomic E-state index is -0.0447. The molecule has 10 aromatic rings. The van der Waals surface area contributed by atoms with Crippen molar-refractivity contribution < 1.29 is 0 Å². The predicted molar refractivity (Wildman–Crippen MR) is 428 cm³/mol. The third kappa shape index (κ3) is 19.5. The van der Waals surface area contributed by atoms with Crippen molar-refractivity contribution in [3.63, 3.8) is 0 Å². The van der Waals surface area contributed by atoms with Crippen molar-refractivity contribution in [2.24, 2.45) is 0 Å². The fraction of sp³-hybridized carbons (Fsp3) is 0.341. The quantitative estimate of drug-likeness (QED) is 0.0334. The van der Waals surface area contributed by atoms with Crippen molar-refractivity contribution in [3.8, 4) is 44.5 Å². The molecular weight excluding hydrogens is 1390 g/mol. The topological polar surface area (TPSA) is 3.24 Å². The highest BCUT2D eigenvalue weighted by atomic mass is 127. The lowest BCUT2D eigenvalue weighted by atomic mass is 9.81. The lowest BCUT2D eigenvalue weighted by Gasteiger charge is -2.28. The van der Waals surface area contributed by atoms with E-state index in [0.717, 1.165) is 26.7 Å². The number of halogens is 3. The molecule has 1 nitrogen and oxygen atoms in total. The van der Waals surface area contributed by atoms with E-state index in [-0.39, 0.29) is 10.8 Å². The van der Waals surface area contributed by atoms with Crippen molar-refractivity contribution in [1.29, 1.82) is 0 Å². The molecule has 0 radical (unpaired) electrons. The van der Waals surface area contributed by atoms with Gasteiger partial charge in [-0.05, 0) is 217 Å². The fourth-order valence-electron chi connectivity index (χ4n) is 14.4. The Morgan fingerprint density at radius 2 is 0.611 bits per heavy atom. The Hall–Kier alpha value is -6.31. The first-order valence-corrected chi connectivity index (χ1v) is 38.8. The fourth-order valence-corrected chi connectivity index (χ4v) is 15.3. The number of fused-ring (bicyclic) bond motifs is 6. The number of anilines is 3. The van der Waals surface area contributed by atoms with Gasteiger partial charge in [0.05, 0.1) is 0 Å². The van der Waals surface area contributed by atoms with Crippen LogP contribution in [0.25, 0.3) is 44.5 Å². The predicted octanol–water partition coefficient (Wildman–Crippen LogP) is 29.1. The van der Waals surface area contributed by atoms with E-state index in [1.165, 1.54) is 240 Å². The summed E-state index contributed by atoms with van der Waals surface area (Å²) in [6.45, 7) is 14.0. The van der Waals surface area contributed by atoms with Crippen LogP contribution in [-0.4, -0.2) is 0 Å². The van der Waals surface area contributed by atoms with Crippen LogP contribution in [-0.2, 0) is 30.1 Å². The van der Waals surface area contributed by atoms with Gasteiger partial charge < -0.3 is 4.90 Å². The molecule has 0 heterocycles. The van der Waals surface area contributed by atoms with Crippen LogP contribution in [0.4, 0.5) is 17.1 Å². The van der Waals surface area contributed by atoms with Crippen molar-refractivity contribution in [1.82, 2.24) is 0 Å². The Bertz CT molecular complexity index is 3930. The SMILES string of the molecule is Brc1ccc(I)cc1.CCCCCCCCCCCCc1ccc(-c2ccc(Cc3ccc4c(c3)C(C)(C)c3ccccc3-4)cc2)cc1.CCCCCCCCCCCCc1ccc(-c2ccc(N(c3ccc(Br)cc3)c3ccc4c(c3)C(C)(C)c3ccccc3-4)cc2)cc1. The van der Waals surface area contributed by atoms with E-state index in [4.69, 9.17) is 0 Å². The maximum atomic E-state index is 3.64. The molecule has 0 saturated heterocycles. The van der Waals surface area contributed by atoms with Crippen LogP contribution in [0.2, 0.25) is 0 Å². The van der Waals surface area contributed by atoms with Gasteiger partial charge in [0.1, 0.15) is 0 Å². The molecule has 0 aromatic heterocycles. The Balaban J connectivity index is 0.000000187. The second kappa shape index (κ2) is 35.8. The van der Waals surface area contributed by atoms with Gasteiger partial charge in [-0.2, -0.15) is 0 Å². The first-order valence-electron chi connectivity index (χ1n) is 36.1. The molecule has 4 heteroatoms. The van der Waals surface area contributed by atoms with Gasteiger partial charge in [0, 0.05) is 40.4 Å². The number of hydrogen-bond donors (Lipinski definition) is 0. The zero-order chi connectivity index (χ0) is 66.4. The van der Waals surface area contributed by atoms with Crippen molar-refractivity contribution in [2.45, 2.75) is 200 Å². The highest BCUT2D eigenvalue weighted by Gasteiger charge is 2.37. The molecule has 2 aliphatic carbocycles. The second-order valence-corrected chi connectivity index (χ2v) is 31.0. The monoisotopic (exact) mass is 1490 g/mol. The first-order chi connectivity index (χ1) is 46.3. The highest BCUT2D eigenvalue weighted by Crippen LogP contribution is 2.51. The molecule has 10 aromatic carbocycles. The first kappa shape index (κ1) is 71.5. The molecule has 0 aliphatic heterocycles. The minimum absolute atomic E-state index is 0.0447. The van der Waals surface area contributed by atoms with Gasteiger partial charge in [-0.3, -0.25) is 0 Å². The zero-order valence-corrected chi connectivity index (χ0v) is 63.1. The van der Waals surface area contributed by atoms with E-state index < -0.39 is 0 Å². The molecule has 0 saturated carbocycles. The Kier molecular flexibility index (Phi) is 26.9. The molecule has 0 bridgehead atoms. The van der Waals surface area contributed by atoms with Crippen LogP contribution in [0.5, 0.6) is 0 Å². The summed E-state index contributed by atoms with van der Waals surface area (Å²) in [5.74, 6) is 0. The van der Waals surface area contributed by atoms with E-state index in [9.17, 15) is 0 Å². The van der Waals surface area contributed by atoms with Gasteiger partial charge in [0.25, 0.3) is 0 Å². The number of nitrogens with zero attached hydrogens (tertiary/aromatic N) is 1. The summed E-state index contributed by atoms with van der Waals surface area (Å²) in [6, 6.07) is 85.5. The van der Waals surface area contributed by atoms with Gasteiger partial charge in [-0.1, -0.05) is 347 Å². The molecule has 2 aliphatic rings. The molecule has 12 rings (SSSR count). The van der Waals surface area contributed by atoms with Crippen LogP contribution in [0, 0.1) is 3.57 Å². The minimum Gasteiger partial charge on any atom is -0.310 e. The van der Waals surface area contributed by atoms with Gasteiger partial charge in [0.2, 0.25) is 0 Å². The molecule has 0 fully saturated rings. The molecule has 0 unspecified atom stereocenters. The van der Waals surface area contributed by atoms with Gasteiger partial charge >= 0.3 is 0 Å². The Labute approximate surface area is 603 Å². The zero-order valence-electron chi connectivity index (χ0n) is 57.8. The smallest absolute Gasteiger partial charge is 0.0465 e. The molecular formula is C91H102Br2IN. The number of rotatable bonds is 29. The van der Waals surface area contributed by atoms with E-state index in [1.807, 2.05) is 12.1 Å². The summed E-state index contributed by atoms with van der Waals surface area (Å²) in [4.78, 5) is 2.38. The second-order valence-electron chi connectivity index (χ2n) is 27.9. The maximum absolute atomic E-state index is 3.64. The average molecular weight is 1500 g/mol. The van der Waals surface area contributed by atoms with Crippen LogP contribution in [0.15, 0.2) is 239 Å². The van der Waals surface area contributed by atoms with Crippen LogP contribution < -0.4 is 4.90 Å². The van der Waals surface area contributed by atoms with Crippen molar-refractivity contribution >= 4 is 71.5 Å². The summed E-state index contributed by atoms with van der Waals surface area (Å²) >= 11 is 9.25. The number of aryl methyl sites for hydroxylation is 2. The molecule has 0 atom stereocenters. The summed E-state index contributed by atoms with van der Waals surface area (Å²) in [5, 5.41) is 0. The van der Waals surface area contributed by atoms with E-state index in [2.05, 4.69) is 319 Å². The molecule has 0 N–H and O–H groups in total. The van der Waals surface area contributed by atoms with Crippen LogP contribution in [0.3, 0.4) is 0 Å². The lowest BCUT2D eigenvalue weighted by Crippen LogP contribution is -2.16. The largest absolute Gasteiger partial charge is 0.310 e. The normalized spacial score (nSPS) is 12.8. The summed E-state index contributed by atoms with van der Waals surface area (Å²) in [5.41, 5.74) is 25.5. The summed E-state index contributed by atoms with van der Waals surface area (Å²) in [6.07, 6.45) is 31.2. The summed E-state index contributed by atoms with van der Waals surface area (Å²) < 4.78 is 3.49. The number of hydrogen-bond acceptors (Lipinski definition) is 1.